The smallest absolute Gasteiger partial charge is 0.321 e. The van der Waals surface area contributed by atoms with E-state index in [1.54, 1.807) is 48.6 Å². The highest BCUT2D eigenvalue weighted by molar-refractivity contribution is 5.89. The molecule has 2 amide bonds. The Morgan fingerprint density at radius 1 is 1.25 bits per heavy atom. The topological polar surface area (TPSA) is 69.0 Å². The molecule has 1 N–H and O–H groups in total. The van der Waals surface area contributed by atoms with E-state index in [1.807, 2.05) is 18.2 Å². The number of hydrogen-bond acceptors (Lipinski definition) is 3. The molecule has 100 valence electrons. The van der Waals surface area contributed by atoms with Gasteiger partial charge in [-0.1, -0.05) is 0 Å². The summed E-state index contributed by atoms with van der Waals surface area (Å²) in [6, 6.07) is 12.3. The van der Waals surface area contributed by atoms with Gasteiger partial charge >= 0.3 is 6.03 Å². The highest BCUT2D eigenvalue weighted by Gasteiger charge is 2.09. The van der Waals surface area contributed by atoms with E-state index in [0.29, 0.717) is 17.8 Å². The van der Waals surface area contributed by atoms with Crippen LogP contribution in [0.15, 0.2) is 48.8 Å². The first kappa shape index (κ1) is 13.6. The van der Waals surface area contributed by atoms with Crippen LogP contribution in [0.2, 0.25) is 0 Å². The number of benzene rings is 1. The quantitative estimate of drug-likeness (QED) is 0.928. The van der Waals surface area contributed by atoms with Crippen LogP contribution in [-0.2, 0) is 6.54 Å². The van der Waals surface area contributed by atoms with Crippen LogP contribution in [0.4, 0.5) is 10.5 Å². The van der Waals surface area contributed by atoms with E-state index in [-0.39, 0.29) is 6.03 Å². The van der Waals surface area contributed by atoms with Gasteiger partial charge in [-0.15, -0.1) is 0 Å². The first-order chi connectivity index (χ1) is 9.69. The molecule has 0 bridgehead atoms. The number of urea groups is 1. The van der Waals surface area contributed by atoms with Crippen LogP contribution in [-0.4, -0.2) is 23.0 Å². The van der Waals surface area contributed by atoms with Crippen molar-refractivity contribution in [3.63, 3.8) is 0 Å². The lowest BCUT2D eigenvalue weighted by Crippen LogP contribution is -2.30. The van der Waals surface area contributed by atoms with Gasteiger partial charge in [0.1, 0.15) is 0 Å². The number of nitriles is 1. The van der Waals surface area contributed by atoms with Crippen LogP contribution in [0.1, 0.15) is 11.1 Å². The summed E-state index contributed by atoms with van der Waals surface area (Å²) >= 11 is 0. The predicted octanol–water partition coefficient (Wildman–Crippen LogP) is 2.62. The fraction of sp³-hybridized carbons (Fsp3) is 0.133. The number of hydrogen-bond donors (Lipinski definition) is 1. The number of carbonyl (C=O) groups is 1. The average Bonchev–Trinajstić information content (AvgIpc) is 2.49. The van der Waals surface area contributed by atoms with Gasteiger partial charge in [0.25, 0.3) is 0 Å². The number of amides is 2. The Balaban J connectivity index is 1.95. The second-order valence-electron chi connectivity index (χ2n) is 4.33. The van der Waals surface area contributed by atoms with Crippen molar-refractivity contribution in [2.24, 2.45) is 0 Å². The van der Waals surface area contributed by atoms with Crippen molar-refractivity contribution in [1.82, 2.24) is 9.88 Å². The highest BCUT2D eigenvalue weighted by Crippen LogP contribution is 2.10. The highest BCUT2D eigenvalue weighted by atomic mass is 16.2. The van der Waals surface area contributed by atoms with E-state index in [2.05, 4.69) is 10.3 Å². The maximum absolute atomic E-state index is 12.0. The number of rotatable bonds is 3. The van der Waals surface area contributed by atoms with Gasteiger partial charge in [-0.05, 0) is 42.0 Å². The van der Waals surface area contributed by atoms with Gasteiger partial charge in [-0.3, -0.25) is 4.98 Å². The number of anilines is 1. The van der Waals surface area contributed by atoms with Gasteiger partial charge in [0.05, 0.1) is 11.6 Å². The standard InChI is InChI=1S/C15H14N4O/c1-19(11-13-6-8-17-9-7-13)15(20)18-14-4-2-12(10-16)3-5-14/h2-9H,11H2,1H3,(H,18,20). The first-order valence-corrected chi connectivity index (χ1v) is 6.10. The SMILES string of the molecule is CN(Cc1ccncc1)C(=O)Nc1ccc(C#N)cc1. The molecule has 1 heterocycles. The Labute approximate surface area is 117 Å². The third-order valence-electron chi connectivity index (χ3n) is 2.78. The molecule has 0 aliphatic heterocycles. The van der Waals surface area contributed by atoms with E-state index >= 15 is 0 Å². The van der Waals surface area contributed by atoms with Gasteiger partial charge < -0.3 is 10.2 Å². The van der Waals surface area contributed by atoms with Gasteiger partial charge in [0, 0.05) is 31.7 Å². The molecule has 0 unspecified atom stereocenters. The van der Waals surface area contributed by atoms with Crippen molar-refractivity contribution in [3.8, 4) is 6.07 Å². The van der Waals surface area contributed by atoms with Gasteiger partial charge in [-0.2, -0.15) is 5.26 Å². The number of pyridine rings is 1. The summed E-state index contributed by atoms with van der Waals surface area (Å²) in [5.41, 5.74) is 2.24. The summed E-state index contributed by atoms with van der Waals surface area (Å²) in [4.78, 5) is 17.5. The Kier molecular flexibility index (Phi) is 4.30. The molecule has 0 atom stereocenters. The summed E-state index contributed by atoms with van der Waals surface area (Å²) in [5.74, 6) is 0. The maximum Gasteiger partial charge on any atom is 0.321 e. The van der Waals surface area contributed by atoms with E-state index in [0.717, 1.165) is 5.56 Å². The van der Waals surface area contributed by atoms with Gasteiger partial charge in [0.2, 0.25) is 0 Å². The molecule has 2 rings (SSSR count). The molecule has 1 aromatic carbocycles. The number of nitrogens with zero attached hydrogens (tertiary/aromatic N) is 3. The first-order valence-electron chi connectivity index (χ1n) is 6.10. The van der Waals surface area contributed by atoms with Crippen molar-refractivity contribution < 1.29 is 4.79 Å². The third kappa shape index (κ3) is 3.56. The zero-order chi connectivity index (χ0) is 14.4. The monoisotopic (exact) mass is 266 g/mol. The summed E-state index contributed by atoms with van der Waals surface area (Å²) < 4.78 is 0. The lowest BCUT2D eigenvalue weighted by atomic mass is 10.2. The zero-order valence-corrected chi connectivity index (χ0v) is 11.1. The summed E-state index contributed by atoms with van der Waals surface area (Å²) in [6.45, 7) is 0.505. The van der Waals surface area contributed by atoms with Crippen molar-refractivity contribution in [1.29, 1.82) is 5.26 Å². The number of aromatic nitrogens is 1. The number of nitrogens with one attached hydrogen (secondary N) is 1. The molecule has 0 fully saturated rings. The molecular weight excluding hydrogens is 252 g/mol. The molecule has 0 spiro atoms. The molecule has 0 saturated heterocycles. The second kappa shape index (κ2) is 6.34. The zero-order valence-electron chi connectivity index (χ0n) is 11.1. The van der Waals surface area contributed by atoms with Gasteiger partial charge in [0.15, 0.2) is 0 Å². The Bertz CT molecular complexity index is 617. The lowest BCUT2D eigenvalue weighted by molar-refractivity contribution is 0.220. The van der Waals surface area contributed by atoms with Crippen LogP contribution >= 0.6 is 0 Å². The Morgan fingerprint density at radius 3 is 2.50 bits per heavy atom. The van der Waals surface area contributed by atoms with E-state index < -0.39 is 0 Å². The molecule has 0 aliphatic rings. The average molecular weight is 266 g/mol. The molecule has 20 heavy (non-hydrogen) atoms. The molecule has 2 aromatic rings. The molecule has 5 nitrogen and oxygen atoms in total. The fourth-order valence-corrected chi connectivity index (χ4v) is 1.68. The predicted molar refractivity (Wildman–Crippen MR) is 75.9 cm³/mol. The van der Waals surface area contributed by atoms with Crippen LogP contribution < -0.4 is 5.32 Å². The van der Waals surface area contributed by atoms with Crippen LogP contribution in [0, 0.1) is 11.3 Å². The minimum atomic E-state index is -0.202. The largest absolute Gasteiger partial charge is 0.323 e. The maximum atomic E-state index is 12.0. The summed E-state index contributed by atoms with van der Waals surface area (Å²) in [5, 5.41) is 11.5. The molecule has 5 heteroatoms. The summed E-state index contributed by atoms with van der Waals surface area (Å²) in [6.07, 6.45) is 3.39. The lowest BCUT2D eigenvalue weighted by Gasteiger charge is -2.18. The third-order valence-corrected chi connectivity index (χ3v) is 2.78. The van der Waals surface area contributed by atoms with Crippen molar-refractivity contribution in [2.45, 2.75) is 6.54 Å². The minimum Gasteiger partial charge on any atom is -0.323 e. The summed E-state index contributed by atoms with van der Waals surface area (Å²) in [7, 11) is 1.72. The van der Waals surface area contributed by atoms with E-state index in [9.17, 15) is 4.79 Å². The normalized spacial score (nSPS) is 9.60. The number of carbonyl (C=O) groups excluding carboxylic acids is 1. The molecule has 1 aromatic heterocycles. The van der Waals surface area contributed by atoms with Crippen molar-refractivity contribution in [2.75, 3.05) is 12.4 Å². The molecule has 0 radical (unpaired) electrons. The van der Waals surface area contributed by atoms with Crippen molar-refractivity contribution in [3.05, 3.63) is 59.9 Å². The van der Waals surface area contributed by atoms with Crippen LogP contribution in [0.25, 0.3) is 0 Å². The van der Waals surface area contributed by atoms with Crippen LogP contribution in [0.3, 0.4) is 0 Å². The second-order valence-corrected chi connectivity index (χ2v) is 4.33. The van der Waals surface area contributed by atoms with Crippen LogP contribution in [0.5, 0.6) is 0 Å². The Hall–Kier alpha value is -2.87. The molecular formula is C15H14N4O. The van der Waals surface area contributed by atoms with E-state index in [1.165, 1.54) is 0 Å². The minimum absolute atomic E-state index is 0.202. The molecule has 0 aliphatic carbocycles. The molecule has 0 saturated carbocycles. The fourth-order valence-electron chi connectivity index (χ4n) is 1.68. The van der Waals surface area contributed by atoms with Crippen molar-refractivity contribution >= 4 is 11.7 Å². The van der Waals surface area contributed by atoms with E-state index in [4.69, 9.17) is 5.26 Å². The Morgan fingerprint density at radius 2 is 1.90 bits per heavy atom. The van der Waals surface area contributed by atoms with Gasteiger partial charge in [-0.25, -0.2) is 4.79 Å².